The van der Waals surface area contributed by atoms with Gasteiger partial charge in [-0.15, -0.1) is 0 Å². The molecule has 0 aromatic heterocycles. The smallest absolute Gasteiger partial charge is 0.317 e. The highest BCUT2D eigenvalue weighted by atomic mass is 35.5. The molecule has 1 saturated heterocycles. The number of aliphatic hydroxyl groups is 3. The van der Waals surface area contributed by atoms with Crippen molar-refractivity contribution in [3.8, 4) is 5.75 Å². The largest absolute Gasteiger partial charge is 0.478 e. The van der Waals surface area contributed by atoms with E-state index in [1.807, 2.05) is 0 Å². The van der Waals surface area contributed by atoms with Gasteiger partial charge in [0.05, 0.1) is 32.5 Å². The van der Waals surface area contributed by atoms with Crippen molar-refractivity contribution in [1.82, 2.24) is 10.2 Å². The molecule has 0 unspecified atom stereocenters. The van der Waals surface area contributed by atoms with Gasteiger partial charge >= 0.3 is 6.03 Å². The predicted octanol–water partition coefficient (Wildman–Crippen LogP) is 3.54. The Labute approximate surface area is 235 Å². The zero-order valence-corrected chi connectivity index (χ0v) is 22.4. The van der Waals surface area contributed by atoms with E-state index in [1.165, 1.54) is 12.1 Å². The number of aliphatic hydroxyl groups excluding tert-OH is 2. The van der Waals surface area contributed by atoms with Crippen molar-refractivity contribution in [2.24, 2.45) is 0 Å². The Kier molecular flexibility index (Phi) is 6.96. The lowest BCUT2D eigenvalue weighted by Gasteiger charge is -2.42. The molecule has 10 heteroatoms. The quantitative estimate of drug-likeness (QED) is 0.375. The third kappa shape index (κ3) is 4.07. The summed E-state index contributed by atoms with van der Waals surface area (Å²) in [4.78, 5) is 15.1. The van der Waals surface area contributed by atoms with Gasteiger partial charge in [-0.05, 0) is 59.0 Å². The number of halogens is 2. The first-order valence-corrected chi connectivity index (χ1v) is 13.6. The van der Waals surface area contributed by atoms with Crippen LogP contribution >= 0.6 is 11.6 Å². The molecule has 4 N–H and O–H groups in total. The molecule has 3 aromatic carbocycles. The first-order valence-electron chi connectivity index (χ1n) is 13.3. The summed E-state index contributed by atoms with van der Waals surface area (Å²) in [7, 11) is 0. The maximum atomic E-state index is 14.6. The van der Waals surface area contributed by atoms with E-state index in [1.54, 1.807) is 53.4 Å². The van der Waals surface area contributed by atoms with Crippen molar-refractivity contribution in [3.63, 3.8) is 0 Å². The van der Waals surface area contributed by atoms with Crippen LogP contribution in [0.15, 0.2) is 60.7 Å². The summed E-state index contributed by atoms with van der Waals surface area (Å²) < 4.78 is 26.8. The number of ether oxygens (including phenoxy) is 2. The number of hydrogen-bond donors (Lipinski definition) is 4. The van der Waals surface area contributed by atoms with Gasteiger partial charge in [-0.25, -0.2) is 9.18 Å². The summed E-state index contributed by atoms with van der Waals surface area (Å²) in [6.07, 6.45) is 0.213. The van der Waals surface area contributed by atoms with Crippen LogP contribution in [0.4, 0.5) is 9.18 Å². The van der Waals surface area contributed by atoms with E-state index in [2.05, 4.69) is 5.32 Å². The number of morpholine rings is 1. The number of carbonyl (C=O) groups is 1. The van der Waals surface area contributed by atoms with Gasteiger partial charge in [0.15, 0.2) is 11.2 Å². The van der Waals surface area contributed by atoms with Crippen LogP contribution in [-0.4, -0.2) is 58.6 Å². The SMILES string of the molecule is O=C(N[C@H]1C[C@@H](c2cccc(F)c2)[C@]2(c3ccc(Cl)cc3)Oc3cc(CO)cc(CO)c3[C@]12O)N1CCOCC1. The Morgan fingerprint density at radius 1 is 1.07 bits per heavy atom. The number of fused-ring (bicyclic) bond motifs is 3. The Hall–Kier alpha value is -3.21. The number of nitrogens with zero attached hydrogens (tertiary/aromatic N) is 1. The number of benzene rings is 3. The molecule has 2 aliphatic heterocycles. The van der Waals surface area contributed by atoms with E-state index < -0.39 is 35.6 Å². The number of nitrogens with one attached hydrogen (secondary N) is 1. The van der Waals surface area contributed by atoms with Crippen molar-refractivity contribution in [2.75, 3.05) is 26.3 Å². The van der Waals surface area contributed by atoms with Crippen LogP contribution in [0, 0.1) is 5.82 Å². The van der Waals surface area contributed by atoms with Crippen LogP contribution in [0.5, 0.6) is 5.75 Å². The summed E-state index contributed by atoms with van der Waals surface area (Å²) in [6.45, 7) is 0.887. The minimum absolute atomic E-state index is 0.213. The van der Waals surface area contributed by atoms with E-state index in [9.17, 15) is 24.5 Å². The molecule has 4 atom stereocenters. The van der Waals surface area contributed by atoms with Gasteiger partial charge < -0.3 is 35.0 Å². The van der Waals surface area contributed by atoms with Crippen molar-refractivity contribution < 1.29 is 34.0 Å². The standard InChI is InChI=1S/C30H30ClFN2O6/c31-22-6-4-21(5-7-22)30-24(19-2-1-3-23(32)14-19)15-26(33-28(37)34-8-10-39-11-9-34)29(30,38)27-20(17-36)12-18(16-35)13-25(27)40-30/h1-7,12-14,24,26,35-36,38H,8-11,15-17H2,(H,33,37)/t24-,26-,29+,30-/m0/s1. The Morgan fingerprint density at radius 2 is 1.82 bits per heavy atom. The molecule has 0 bridgehead atoms. The topological polar surface area (TPSA) is 111 Å². The molecule has 2 fully saturated rings. The molecule has 3 aliphatic rings. The second-order valence-electron chi connectivity index (χ2n) is 10.5. The average Bonchev–Trinajstić information content (AvgIpc) is 3.38. The summed E-state index contributed by atoms with van der Waals surface area (Å²) in [5.74, 6) is -0.789. The fourth-order valence-corrected chi connectivity index (χ4v) is 6.81. The average molecular weight is 569 g/mol. The molecule has 0 spiro atoms. The van der Waals surface area contributed by atoms with Crippen molar-refractivity contribution >= 4 is 17.6 Å². The second-order valence-corrected chi connectivity index (χ2v) is 10.9. The minimum atomic E-state index is -1.89. The summed E-state index contributed by atoms with van der Waals surface area (Å²) >= 11 is 6.24. The van der Waals surface area contributed by atoms with Gasteiger partial charge in [0.2, 0.25) is 0 Å². The third-order valence-corrected chi connectivity index (χ3v) is 8.65. The zero-order valence-electron chi connectivity index (χ0n) is 21.6. The molecule has 210 valence electrons. The predicted molar refractivity (Wildman–Crippen MR) is 144 cm³/mol. The van der Waals surface area contributed by atoms with E-state index in [4.69, 9.17) is 21.1 Å². The molecule has 8 nitrogen and oxygen atoms in total. The zero-order chi connectivity index (χ0) is 28.1. The normalized spacial score (nSPS) is 27.2. The van der Waals surface area contributed by atoms with Gasteiger partial charge in [-0.2, -0.15) is 0 Å². The van der Waals surface area contributed by atoms with E-state index in [-0.39, 0.29) is 24.8 Å². The summed E-state index contributed by atoms with van der Waals surface area (Å²) in [6, 6.07) is 15.0. The van der Waals surface area contributed by atoms with Gasteiger partial charge in [0, 0.05) is 29.6 Å². The number of hydrogen-bond acceptors (Lipinski definition) is 6. The molecule has 1 saturated carbocycles. The highest BCUT2D eigenvalue weighted by Crippen LogP contribution is 2.67. The van der Waals surface area contributed by atoms with E-state index >= 15 is 0 Å². The molecular formula is C30H30ClFN2O6. The lowest BCUT2D eigenvalue weighted by Crippen LogP contribution is -2.59. The highest BCUT2D eigenvalue weighted by Gasteiger charge is 2.73. The minimum Gasteiger partial charge on any atom is -0.478 e. The Bertz CT molecular complexity index is 1430. The van der Waals surface area contributed by atoms with Crippen LogP contribution in [0.2, 0.25) is 5.02 Å². The van der Waals surface area contributed by atoms with Crippen molar-refractivity contribution in [1.29, 1.82) is 0 Å². The Balaban J connectivity index is 1.58. The number of amides is 2. The molecule has 3 aromatic rings. The molecular weight excluding hydrogens is 539 g/mol. The molecule has 2 heterocycles. The summed E-state index contributed by atoms with van der Waals surface area (Å²) in [5.41, 5.74) is -1.08. The fourth-order valence-electron chi connectivity index (χ4n) is 6.69. The van der Waals surface area contributed by atoms with Crippen LogP contribution in [0.3, 0.4) is 0 Å². The first kappa shape index (κ1) is 27.0. The van der Waals surface area contributed by atoms with Gasteiger partial charge in [-0.1, -0.05) is 41.9 Å². The molecule has 1 aliphatic carbocycles. The van der Waals surface area contributed by atoms with Crippen LogP contribution in [-0.2, 0) is 29.2 Å². The number of urea groups is 1. The van der Waals surface area contributed by atoms with E-state index in [0.717, 1.165) is 0 Å². The van der Waals surface area contributed by atoms with Crippen LogP contribution in [0.25, 0.3) is 0 Å². The lowest BCUT2D eigenvalue weighted by molar-refractivity contribution is -0.116. The molecule has 0 radical (unpaired) electrons. The monoisotopic (exact) mass is 568 g/mol. The maximum Gasteiger partial charge on any atom is 0.317 e. The van der Waals surface area contributed by atoms with E-state index in [0.29, 0.717) is 59.1 Å². The summed E-state index contributed by atoms with van der Waals surface area (Å²) in [5, 5.41) is 36.9. The van der Waals surface area contributed by atoms with Crippen molar-refractivity contribution in [3.05, 3.63) is 99.3 Å². The number of rotatable bonds is 5. The van der Waals surface area contributed by atoms with Gasteiger partial charge in [0.25, 0.3) is 0 Å². The van der Waals surface area contributed by atoms with Crippen molar-refractivity contribution in [2.45, 2.75) is 42.8 Å². The number of carbonyl (C=O) groups excluding carboxylic acids is 1. The van der Waals surface area contributed by atoms with Gasteiger partial charge in [0.1, 0.15) is 11.6 Å². The Morgan fingerprint density at radius 3 is 2.50 bits per heavy atom. The molecule has 2 amide bonds. The maximum absolute atomic E-state index is 14.6. The lowest BCUT2D eigenvalue weighted by atomic mass is 9.70. The third-order valence-electron chi connectivity index (χ3n) is 8.40. The van der Waals surface area contributed by atoms with Gasteiger partial charge in [-0.3, -0.25) is 0 Å². The molecule has 40 heavy (non-hydrogen) atoms. The molecule has 6 rings (SSSR count). The first-order chi connectivity index (χ1) is 19.3. The second kappa shape index (κ2) is 10.3. The fraction of sp³-hybridized carbons (Fsp3) is 0.367. The van der Waals surface area contributed by atoms with Crippen LogP contribution < -0.4 is 10.1 Å². The highest BCUT2D eigenvalue weighted by molar-refractivity contribution is 6.30. The van der Waals surface area contributed by atoms with Crippen LogP contribution in [0.1, 0.15) is 40.2 Å².